The van der Waals surface area contributed by atoms with Crippen molar-refractivity contribution < 1.29 is 9.18 Å². The normalized spacial score (nSPS) is 10.6. The number of benzene rings is 2. The molecule has 1 N–H and O–H groups in total. The number of hydrogen-bond acceptors (Lipinski definition) is 3. The molecular formula is C21H18ClFN4O. The van der Waals surface area contributed by atoms with E-state index in [1.807, 2.05) is 26.0 Å². The topological polar surface area (TPSA) is 70.7 Å². The molecule has 3 rings (SSSR count). The Morgan fingerprint density at radius 3 is 2.68 bits per heavy atom. The van der Waals surface area contributed by atoms with Crippen LogP contribution in [-0.2, 0) is 6.54 Å². The highest BCUT2D eigenvalue weighted by molar-refractivity contribution is 6.32. The van der Waals surface area contributed by atoms with Gasteiger partial charge in [0.2, 0.25) is 0 Å². The Hall–Kier alpha value is -3.17. The Kier molecular flexibility index (Phi) is 5.48. The summed E-state index contributed by atoms with van der Waals surface area (Å²) in [5.41, 5.74) is 4.70. The highest BCUT2D eigenvalue weighted by Gasteiger charge is 2.16. The molecule has 3 aromatic rings. The smallest absolute Gasteiger partial charge is 0.254 e. The average molecular weight is 397 g/mol. The lowest BCUT2D eigenvalue weighted by molar-refractivity contribution is 0.0959. The molecule has 5 nitrogen and oxygen atoms in total. The summed E-state index contributed by atoms with van der Waals surface area (Å²) in [6, 6.07) is 11.8. The Labute approximate surface area is 167 Å². The second kappa shape index (κ2) is 7.83. The maximum Gasteiger partial charge on any atom is 0.254 e. The van der Waals surface area contributed by atoms with E-state index < -0.39 is 11.7 Å². The van der Waals surface area contributed by atoms with Gasteiger partial charge in [-0.05, 0) is 49.2 Å². The minimum Gasteiger partial charge on any atom is -0.355 e. The summed E-state index contributed by atoms with van der Waals surface area (Å²) in [6.07, 6.45) is 0. The molecule has 0 aliphatic heterocycles. The number of aryl methyl sites for hydroxylation is 1. The monoisotopic (exact) mass is 396 g/mol. The van der Waals surface area contributed by atoms with E-state index >= 15 is 0 Å². The van der Waals surface area contributed by atoms with E-state index in [2.05, 4.69) is 10.4 Å². The van der Waals surface area contributed by atoms with Crippen molar-refractivity contribution in [1.82, 2.24) is 15.1 Å². The maximum atomic E-state index is 13.9. The fraction of sp³-hybridized carbons (Fsp3) is 0.190. The number of nitrogens with one attached hydrogen (secondary N) is 1. The van der Waals surface area contributed by atoms with Gasteiger partial charge in [0.1, 0.15) is 11.9 Å². The van der Waals surface area contributed by atoms with E-state index in [1.54, 1.807) is 22.9 Å². The fourth-order valence-electron chi connectivity index (χ4n) is 3.18. The van der Waals surface area contributed by atoms with E-state index in [9.17, 15) is 9.18 Å². The quantitative estimate of drug-likeness (QED) is 0.717. The molecule has 0 spiro atoms. The molecule has 1 aromatic heterocycles. The lowest BCUT2D eigenvalue weighted by atomic mass is 10.0. The van der Waals surface area contributed by atoms with Gasteiger partial charge in [-0.1, -0.05) is 23.7 Å². The first-order chi connectivity index (χ1) is 13.3. The molecule has 1 heterocycles. The van der Waals surface area contributed by atoms with Gasteiger partial charge in [-0.25, -0.2) is 4.39 Å². The first-order valence-corrected chi connectivity index (χ1v) is 8.98. The molecule has 0 fully saturated rings. The van der Waals surface area contributed by atoms with Crippen LogP contribution in [0.25, 0.3) is 11.1 Å². The van der Waals surface area contributed by atoms with Gasteiger partial charge in [-0.15, -0.1) is 0 Å². The number of aromatic nitrogens is 2. The molecule has 28 heavy (non-hydrogen) atoms. The zero-order chi connectivity index (χ0) is 20.4. The maximum absolute atomic E-state index is 13.9. The van der Waals surface area contributed by atoms with Crippen molar-refractivity contribution in [1.29, 1.82) is 5.26 Å². The van der Waals surface area contributed by atoms with Crippen molar-refractivity contribution in [3.8, 4) is 17.2 Å². The van der Waals surface area contributed by atoms with Gasteiger partial charge >= 0.3 is 0 Å². The molecule has 0 aliphatic rings. The number of amides is 1. The molecule has 1 amide bonds. The lowest BCUT2D eigenvalue weighted by Crippen LogP contribution is -2.19. The first-order valence-electron chi connectivity index (χ1n) is 8.60. The number of nitriles is 1. The van der Waals surface area contributed by atoms with E-state index in [4.69, 9.17) is 16.9 Å². The molecule has 0 radical (unpaired) electrons. The zero-order valence-corrected chi connectivity index (χ0v) is 16.4. The predicted molar refractivity (Wildman–Crippen MR) is 106 cm³/mol. The molecule has 0 saturated heterocycles. The molecular weight excluding hydrogens is 379 g/mol. The SMILES string of the molecule is CNC(=O)c1cc(Cn2nc(C)c(-c3ccc(C#N)c(Cl)c3)c2C)ccc1F. The predicted octanol–water partition coefficient (Wildman–Crippen LogP) is 4.24. The third-order valence-electron chi connectivity index (χ3n) is 4.59. The number of nitrogens with zero attached hydrogens (tertiary/aromatic N) is 3. The highest BCUT2D eigenvalue weighted by Crippen LogP contribution is 2.30. The van der Waals surface area contributed by atoms with Crippen molar-refractivity contribution in [2.45, 2.75) is 20.4 Å². The van der Waals surface area contributed by atoms with E-state index in [-0.39, 0.29) is 5.56 Å². The van der Waals surface area contributed by atoms with E-state index in [1.165, 1.54) is 19.2 Å². The van der Waals surface area contributed by atoms with Crippen LogP contribution in [0.15, 0.2) is 36.4 Å². The Morgan fingerprint density at radius 1 is 1.29 bits per heavy atom. The fourth-order valence-corrected chi connectivity index (χ4v) is 3.41. The molecule has 0 atom stereocenters. The molecule has 7 heteroatoms. The van der Waals surface area contributed by atoms with Crippen LogP contribution in [0.4, 0.5) is 4.39 Å². The number of halogens is 2. The Morgan fingerprint density at radius 2 is 2.04 bits per heavy atom. The lowest BCUT2D eigenvalue weighted by Gasteiger charge is -2.09. The van der Waals surface area contributed by atoms with Crippen LogP contribution in [0.2, 0.25) is 5.02 Å². The van der Waals surface area contributed by atoms with Crippen molar-refractivity contribution in [3.63, 3.8) is 0 Å². The van der Waals surface area contributed by atoms with Crippen molar-refractivity contribution in [3.05, 3.63) is 75.3 Å². The van der Waals surface area contributed by atoms with Crippen molar-refractivity contribution >= 4 is 17.5 Å². The summed E-state index contributed by atoms with van der Waals surface area (Å²) in [7, 11) is 1.46. The number of carbonyl (C=O) groups excluding carboxylic acids is 1. The van der Waals surface area contributed by atoms with Crippen LogP contribution in [0.1, 0.15) is 32.9 Å². The largest absolute Gasteiger partial charge is 0.355 e. The van der Waals surface area contributed by atoms with Gasteiger partial charge in [0, 0.05) is 18.3 Å². The van der Waals surface area contributed by atoms with Crippen LogP contribution in [0, 0.1) is 31.0 Å². The van der Waals surface area contributed by atoms with Crippen LogP contribution in [0.3, 0.4) is 0 Å². The van der Waals surface area contributed by atoms with Gasteiger partial charge in [0.15, 0.2) is 0 Å². The van der Waals surface area contributed by atoms with E-state index in [0.29, 0.717) is 17.1 Å². The van der Waals surface area contributed by atoms with Crippen LogP contribution in [0.5, 0.6) is 0 Å². The van der Waals surface area contributed by atoms with Gasteiger partial charge in [0.25, 0.3) is 5.91 Å². The van der Waals surface area contributed by atoms with Crippen LogP contribution >= 0.6 is 11.6 Å². The second-order valence-electron chi connectivity index (χ2n) is 6.40. The minimum absolute atomic E-state index is 0.000582. The molecule has 2 aromatic carbocycles. The number of carbonyl (C=O) groups is 1. The Balaban J connectivity index is 1.98. The molecule has 0 aliphatic carbocycles. The minimum atomic E-state index is -0.565. The van der Waals surface area contributed by atoms with Crippen LogP contribution in [-0.4, -0.2) is 22.7 Å². The molecule has 0 saturated carbocycles. The summed E-state index contributed by atoms with van der Waals surface area (Å²) in [5.74, 6) is -1.04. The summed E-state index contributed by atoms with van der Waals surface area (Å²) < 4.78 is 15.7. The zero-order valence-electron chi connectivity index (χ0n) is 15.7. The third-order valence-corrected chi connectivity index (χ3v) is 4.91. The summed E-state index contributed by atoms with van der Waals surface area (Å²) in [6.45, 7) is 4.22. The average Bonchev–Trinajstić information content (AvgIpc) is 2.95. The van der Waals surface area contributed by atoms with Gasteiger partial charge in [-0.3, -0.25) is 9.48 Å². The Bertz CT molecular complexity index is 1110. The van der Waals surface area contributed by atoms with Gasteiger partial charge < -0.3 is 5.32 Å². The summed E-state index contributed by atoms with van der Waals surface area (Å²) in [4.78, 5) is 11.8. The van der Waals surface area contributed by atoms with Gasteiger partial charge in [0.05, 0.1) is 28.4 Å². The summed E-state index contributed by atoms with van der Waals surface area (Å²) in [5, 5.41) is 16.5. The highest BCUT2D eigenvalue weighted by atomic mass is 35.5. The number of hydrogen-bond donors (Lipinski definition) is 1. The third kappa shape index (κ3) is 3.62. The number of rotatable bonds is 4. The van der Waals surface area contributed by atoms with Gasteiger partial charge in [-0.2, -0.15) is 10.4 Å². The molecule has 0 bridgehead atoms. The first kappa shape index (κ1) is 19.6. The standard InChI is InChI=1S/C21H18ClFN4O/c1-12-20(15-5-6-16(10-24)18(22)9-15)13(2)27(26-12)11-14-4-7-19(23)17(8-14)21(28)25-3/h4-9H,11H2,1-3H3,(H,25,28). The summed E-state index contributed by atoms with van der Waals surface area (Å²) >= 11 is 6.17. The second-order valence-corrected chi connectivity index (χ2v) is 6.81. The van der Waals surface area contributed by atoms with Crippen molar-refractivity contribution in [2.75, 3.05) is 7.05 Å². The van der Waals surface area contributed by atoms with E-state index in [0.717, 1.165) is 28.1 Å². The van der Waals surface area contributed by atoms with Crippen LogP contribution < -0.4 is 5.32 Å². The molecule has 142 valence electrons. The van der Waals surface area contributed by atoms with Crippen molar-refractivity contribution in [2.24, 2.45) is 0 Å². The molecule has 0 unspecified atom stereocenters.